The largest absolute Gasteiger partial charge is 0.492 e. The van der Waals surface area contributed by atoms with Gasteiger partial charge in [-0.05, 0) is 63.8 Å². The van der Waals surface area contributed by atoms with Crippen molar-refractivity contribution in [3.8, 4) is 16.3 Å². The summed E-state index contributed by atoms with van der Waals surface area (Å²) >= 11 is 14.0. The molecule has 5 nitrogen and oxygen atoms in total. The van der Waals surface area contributed by atoms with Crippen molar-refractivity contribution < 1.29 is 32.2 Å². The Bertz CT molecular complexity index is 1340. The number of ketones is 1. The number of Topliss-reactive ketones (excluding diaryl/α,β-unsaturated/α-hetero) is 1. The molecule has 3 rings (SSSR count). The molecule has 1 heterocycles. The zero-order chi connectivity index (χ0) is 29.0. The van der Waals surface area contributed by atoms with Crippen LogP contribution in [-0.4, -0.2) is 30.5 Å². The Balaban J connectivity index is 1.60. The summed E-state index contributed by atoms with van der Waals surface area (Å²) in [5.74, 6) is -0.0252. The number of halogens is 5. The summed E-state index contributed by atoms with van der Waals surface area (Å²) in [6, 6.07) is 8.13. The van der Waals surface area contributed by atoms with Gasteiger partial charge in [0.05, 0.1) is 40.3 Å². The van der Waals surface area contributed by atoms with E-state index in [0.29, 0.717) is 63.3 Å². The maximum Gasteiger partial charge on any atom is 0.416 e. The second kappa shape index (κ2) is 12.7. The van der Waals surface area contributed by atoms with Gasteiger partial charge in [0, 0.05) is 12.0 Å². The monoisotopic (exact) mass is 601 g/mol. The lowest BCUT2D eigenvalue weighted by Gasteiger charge is -2.21. The molecule has 0 aliphatic carbocycles. The number of ether oxygens (including phenoxy) is 2. The molecule has 0 atom stereocenters. The van der Waals surface area contributed by atoms with Crippen molar-refractivity contribution in [2.45, 2.75) is 52.6 Å². The van der Waals surface area contributed by atoms with E-state index in [1.165, 1.54) is 19.2 Å². The molecule has 2 aromatic carbocycles. The maximum absolute atomic E-state index is 12.9. The third-order valence-electron chi connectivity index (χ3n) is 6.20. The highest BCUT2D eigenvalue weighted by molar-refractivity contribution is 7.17. The number of nitrogens with zero attached hydrogens (tertiary/aromatic N) is 1. The lowest BCUT2D eigenvalue weighted by Crippen LogP contribution is -2.26. The number of hydrogen-bond acceptors (Lipinski definition) is 6. The van der Waals surface area contributed by atoms with E-state index in [1.54, 1.807) is 19.1 Å². The van der Waals surface area contributed by atoms with Crippen LogP contribution in [0.15, 0.2) is 36.4 Å². The van der Waals surface area contributed by atoms with E-state index in [4.69, 9.17) is 32.7 Å². The van der Waals surface area contributed by atoms with Crippen molar-refractivity contribution in [3.63, 3.8) is 0 Å². The fourth-order valence-corrected chi connectivity index (χ4v) is 5.42. The van der Waals surface area contributed by atoms with Crippen LogP contribution in [0, 0.1) is 12.3 Å². The highest BCUT2D eigenvalue weighted by atomic mass is 35.5. The second-order valence-electron chi connectivity index (χ2n) is 9.61. The van der Waals surface area contributed by atoms with E-state index < -0.39 is 17.2 Å². The van der Waals surface area contributed by atoms with Crippen molar-refractivity contribution in [1.29, 1.82) is 0 Å². The van der Waals surface area contributed by atoms with Crippen LogP contribution in [-0.2, 0) is 22.1 Å². The zero-order valence-electron chi connectivity index (χ0n) is 21.9. The van der Waals surface area contributed by atoms with Gasteiger partial charge in [0.2, 0.25) is 0 Å². The van der Waals surface area contributed by atoms with Gasteiger partial charge < -0.3 is 9.47 Å². The molecule has 0 unspecified atom stereocenters. The smallest absolute Gasteiger partial charge is 0.416 e. The summed E-state index contributed by atoms with van der Waals surface area (Å²) < 4.78 is 49.1. The number of esters is 1. The Kier molecular flexibility index (Phi) is 10.1. The van der Waals surface area contributed by atoms with Gasteiger partial charge in [0.15, 0.2) is 5.78 Å². The van der Waals surface area contributed by atoms with Crippen LogP contribution in [0.25, 0.3) is 10.6 Å². The first-order valence-electron chi connectivity index (χ1n) is 12.1. The van der Waals surface area contributed by atoms with Crippen LogP contribution in [0.5, 0.6) is 5.75 Å². The summed E-state index contributed by atoms with van der Waals surface area (Å²) in [4.78, 5) is 29.6. The van der Waals surface area contributed by atoms with Gasteiger partial charge in [-0.3, -0.25) is 9.59 Å². The third-order valence-corrected chi connectivity index (χ3v) is 8.35. The van der Waals surface area contributed by atoms with Crippen molar-refractivity contribution in [3.05, 3.63) is 68.1 Å². The Labute approximate surface area is 239 Å². The number of alkyl halides is 3. The predicted octanol–water partition coefficient (Wildman–Crippen LogP) is 8.62. The van der Waals surface area contributed by atoms with E-state index in [9.17, 15) is 22.8 Å². The minimum atomic E-state index is -4.42. The molecule has 0 amide bonds. The topological polar surface area (TPSA) is 65.5 Å². The van der Waals surface area contributed by atoms with Crippen molar-refractivity contribution in [2.75, 3.05) is 13.7 Å². The third kappa shape index (κ3) is 7.74. The summed E-state index contributed by atoms with van der Waals surface area (Å²) in [5.41, 5.74) is 0.340. The normalized spacial score (nSPS) is 11.9. The Morgan fingerprint density at radius 3 is 2.31 bits per heavy atom. The second-order valence-corrected chi connectivity index (χ2v) is 11.4. The number of carbonyl (C=O) groups excluding carboxylic acids is 2. The van der Waals surface area contributed by atoms with Gasteiger partial charge in [-0.15, -0.1) is 11.3 Å². The molecule has 0 aliphatic heterocycles. The highest BCUT2D eigenvalue weighted by Gasteiger charge is 2.30. The number of benzene rings is 2. The number of rotatable bonds is 11. The number of aromatic nitrogens is 1. The minimum absolute atomic E-state index is 0.147. The maximum atomic E-state index is 12.9. The molecule has 11 heteroatoms. The zero-order valence-corrected chi connectivity index (χ0v) is 24.2. The van der Waals surface area contributed by atoms with E-state index in [2.05, 4.69) is 4.98 Å². The minimum Gasteiger partial charge on any atom is -0.492 e. The fourth-order valence-electron chi connectivity index (χ4n) is 3.89. The van der Waals surface area contributed by atoms with Crippen LogP contribution in [0.3, 0.4) is 0 Å². The molecule has 0 N–H and O–H groups in total. The van der Waals surface area contributed by atoms with E-state index in [1.807, 2.05) is 13.8 Å². The number of carbonyl (C=O) groups is 2. The molecule has 1 aromatic heterocycles. The van der Waals surface area contributed by atoms with E-state index >= 15 is 0 Å². The van der Waals surface area contributed by atoms with Crippen LogP contribution in [0.2, 0.25) is 10.0 Å². The van der Waals surface area contributed by atoms with Gasteiger partial charge in [0.1, 0.15) is 15.8 Å². The first-order chi connectivity index (χ1) is 18.2. The van der Waals surface area contributed by atoms with Crippen LogP contribution >= 0.6 is 34.5 Å². The summed E-state index contributed by atoms with van der Waals surface area (Å²) in [6.45, 7) is 5.64. The molecule has 0 bridgehead atoms. The Morgan fingerprint density at radius 1 is 1.03 bits per heavy atom. The summed E-state index contributed by atoms with van der Waals surface area (Å²) in [5, 5.41) is 1.01. The highest BCUT2D eigenvalue weighted by Crippen LogP contribution is 2.37. The first-order valence-corrected chi connectivity index (χ1v) is 13.7. The predicted molar refractivity (Wildman–Crippen MR) is 147 cm³/mol. The molecule has 3 aromatic rings. The number of hydrogen-bond donors (Lipinski definition) is 0. The van der Waals surface area contributed by atoms with Gasteiger partial charge in [0.25, 0.3) is 0 Å². The molecule has 0 spiro atoms. The number of thiazole rings is 1. The lowest BCUT2D eigenvalue weighted by molar-refractivity contribution is -0.151. The average Bonchev–Trinajstić information content (AvgIpc) is 3.28. The van der Waals surface area contributed by atoms with Gasteiger partial charge in [-0.2, -0.15) is 13.2 Å². The number of aryl methyl sites for hydroxylation is 2. The molecule has 0 fully saturated rings. The molecular weight excluding hydrogens is 574 g/mol. The van der Waals surface area contributed by atoms with Crippen molar-refractivity contribution >= 4 is 46.3 Å². The van der Waals surface area contributed by atoms with E-state index in [0.717, 1.165) is 23.5 Å². The quantitative estimate of drug-likeness (QED) is 0.125. The average molecular weight is 603 g/mol. The van der Waals surface area contributed by atoms with Crippen LogP contribution in [0.4, 0.5) is 13.2 Å². The Morgan fingerprint density at radius 2 is 1.69 bits per heavy atom. The van der Waals surface area contributed by atoms with Gasteiger partial charge >= 0.3 is 12.1 Å². The van der Waals surface area contributed by atoms with Crippen molar-refractivity contribution in [1.82, 2.24) is 4.98 Å². The standard InChI is InChI=1S/C28H28Cl2F3NO4S/c1-16-24(39-25(34-16)18-6-10-19(11-7-18)28(31,32)33)20(35)12-8-17-9-13-21(23(30)22(17)29)38-15-5-14-27(2,3)26(36)37-4/h6-7,9-11,13H,5,8,12,14-15H2,1-4H3. The molecule has 0 saturated heterocycles. The molecule has 0 aliphatic rings. The molecule has 39 heavy (non-hydrogen) atoms. The van der Waals surface area contributed by atoms with Crippen molar-refractivity contribution in [2.24, 2.45) is 5.41 Å². The number of methoxy groups -OCH3 is 1. The van der Waals surface area contributed by atoms with E-state index in [-0.39, 0.29) is 23.2 Å². The van der Waals surface area contributed by atoms with Crippen LogP contribution in [0.1, 0.15) is 59.6 Å². The molecular formula is C28H28Cl2F3NO4S. The lowest BCUT2D eigenvalue weighted by atomic mass is 9.88. The Hall–Kier alpha value is -2.62. The first kappa shape index (κ1) is 30.9. The molecule has 210 valence electrons. The molecule has 0 saturated carbocycles. The molecule has 0 radical (unpaired) electrons. The van der Waals surface area contributed by atoms with Crippen LogP contribution < -0.4 is 4.74 Å². The summed E-state index contributed by atoms with van der Waals surface area (Å²) in [7, 11) is 1.36. The SMILES string of the molecule is COC(=O)C(C)(C)CCCOc1ccc(CCC(=O)c2sc(-c3ccc(C(F)(F)F)cc3)nc2C)c(Cl)c1Cl. The van der Waals surface area contributed by atoms with Gasteiger partial charge in [-0.25, -0.2) is 4.98 Å². The summed E-state index contributed by atoms with van der Waals surface area (Å²) in [6.07, 6.45) is -2.76. The van der Waals surface area contributed by atoms with Gasteiger partial charge in [-0.1, -0.05) is 41.4 Å². The fraction of sp³-hybridized carbons (Fsp3) is 0.393.